The summed E-state index contributed by atoms with van der Waals surface area (Å²) in [5, 5.41) is 43.2. The Bertz CT molecular complexity index is 1150. The Morgan fingerprint density at radius 1 is 1.21 bits per heavy atom. The Labute approximate surface area is 164 Å². The number of phenols is 2. The van der Waals surface area contributed by atoms with Gasteiger partial charge in [0, 0.05) is 13.0 Å². The first kappa shape index (κ1) is 19.1. The SMILES string of the molecule is COC1C(=O)C(C(C)=O)=C(O)C2(O)C(=O)c3c(cc4cccc(O)c4c3O)CC12. The van der Waals surface area contributed by atoms with Crippen molar-refractivity contribution in [2.45, 2.75) is 25.0 Å². The molecule has 4 N–H and O–H groups in total. The Morgan fingerprint density at radius 3 is 2.52 bits per heavy atom. The van der Waals surface area contributed by atoms with Gasteiger partial charge in [-0.2, -0.15) is 0 Å². The number of Topliss-reactive ketones (excluding diaryl/α,β-unsaturated/α-hetero) is 3. The highest BCUT2D eigenvalue weighted by molar-refractivity contribution is 6.25. The van der Waals surface area contributed by atoms with Crippen molar-refractivity contribution in [1.82, 2.24) is 0 Å². The van der Waals surface area contributed by atoms with Gasteiger partial charge >= 0.3 is 0 Å². The zero-order chi connectivity index (χ0) is 21.2. The third-order valence-electron chi connectivity index (χ3n) is 5.82. The van der Waals surface area contributed by atoms with Crippen LogP contribution in [0.5, 0.6) is 11.5 Å². The minimum Gasteiger partial charge on any atom is -0.508 e. The molecular weight excluding hydrogens is 380 g/mol. The molecule has 0 bridgehead atoms. The van der Waals surface area contributed by atoms with Crippen LogP contribution in [-0.2, 0) is 20.7 Å². The summed E-state index contributed by atoms with van der Waals surface area (Å²) in [4.78, 5) is 37.9. The van der Waals surface area contributed by atoms with Gasteiger partial charge in [-0.3, -0.25) is 14.4 Å². The first-order valence-corrected chi connectivity index (χ1v) is 8.89. The number of aliphatic hydroxyl groups is 2. The van der Waals surface area contributed by atoms with Crippen LogP contribution in [0.1, 0.15) is 22.8 Å². The van der Waals surface area contributed by atoms with Crippen LogP contribution in [0.3, 0.4) is 0 Å². The zero-order valence-corrected chi connectivity index (χ0v) is 15.6. The monoisotopic (exact) mass is 398 g/mol. The largest absolute Gasteiger partial charge is 0.508 e. The van der Waals surface area contributed by atoms with Crippen LogP contribution in [-0.4, -0.2) is 56.6 Å². The standard InChI is InChI=1S/C21H18O8/c1-8(22)13-17(25)18(29-2)11-7-10-6-9-4-3-5-12(23)14(9)16(24)15(10)20(27)21(11,28)19(13)26/h3-6,11,18,23-24,26,28H,7H2,1-2H3. The number of carbonyl (C=O) groups is 3. The molecule has 0 saturated carbocycles. The molecule has 2 aromatic carbocycles. The highest BCUT2D eigenvalue weighted by Gasteiger charge is 2.61. The van der Waals surface area contributed by atoms with E-state index in [2.05, 4.69) is 0 Å². The summed E-state index contributed by atoms with van der Waals surface area (Å²) < 4.78 is 5.21. The number of methoxy groups -OCH3 is 1. The molecule has 0 aliphatic heterocycles. The molecule has 0 aromatic heterocycles. The van der Waals surface area contributed by atoms with Crippen molar-refractivity contribution in [3.05, 3.63) is 46.7 Å². The predicted molar refractivity (Wildman–Crippen MR) is 99.9 cm³/mol. The summed E-state index contributed by atoms with van der Waals surface area (Å²) in [6.45, 7) is 1.03. The molecule has 2 aromatic rings. The van der Waals surface area contributed by atoms with Crippen molar-refractivity contribution >= 4 is 28.1 Å². The van der Waals surface area contributed by atoms with E-state index in [0.717, 1.165) is 6.92 Å². The normalized spacial score (nSPS) is 26.4. The Morgan fingerprint density at radius 2 is 1.90 bits per heavy atom. The zero-order valence-electron chi connectivity index (χ0n) is 15.6. The maximum atomic E-state index is 13.3. The van der Waals surface area contributed by atoms with E-state index < -0.39 is 52.1 Å². The molecule has 0 heterocycles. The van der Waals surface area contributed by atoms with Gasteiger partial charge in [0.2, 0.25) is 5.78 Å². The van der Waals surface area contributed by atoms with Gasteiger partial charge in [-0.1, -0.05) is 18.2 Å². The lowest BCUT2D eigenvalue weighted by atomic mass is 9.62. The van der Waals surface area contributed by atoms with Gasteiger partial charge in [0.1, 0.15) is 28.9 Å². The van der Waals surface area contributed by atoms with Crippen molar-refractivity contribution in [1.29, 1.82) is 0 Å². The van der Waals surface area contributed by atoms with Crippen LogP contribution >= 0.6 is 0 Å². The molecule has 3 atom stereocenters. The smallest absolute Gasteiger partial charge is 0.206 e. The Kier molecular flexibility index (Phi) is 4.04. The average molecular weight is 398 g/mol. The lowest BCUT2D eigenvalue weighted by molar-refractivity contribution is -0.141. The van der Waals surface area contributed by atoms with Crippen molar-refractivity contribution in [3.8, 4) is 11.5 Å². The van der Waals surface area contributed by atoms with E-state index >= 15 is 0 Å². The third-order valence-corrected chi connectivity index (χ3v) is 5.82. The number of benzene rings is 2. The number of hydrogen-bond acceptors (Lipinski definition) is 8. The van der Waals surface area contributed by atoms with E-state index in [1.54, 1.807) is 18.2 Å². The molecule has 0 spiro atoms. The highest BCUT2D eigenvalue weighted by atomic mass is 16.5. The Hall–Kier alpha value is -3.23. The van der Waals surface area contributed by atoms with Crippen molar-refractivity contribution in [2.75, 3.05) is 7.11 Å². The molecule has 0 fully saturated rings. The van der Waals surface area contributed by atoms with Crippen LogP contribution in [0.15, 0.2) is 35.6 Å². The molecule has 8 nitrogen and oxygen atoms in total. The fraction of sp³-hybridized carbons (Fsp3) is 0.286. The van der Waals surface area contributed by atoms with Crippen LogP contribution in [0, 0.1) is 5.92 Å². The van der Waals surface area contributed by atoms with E-state index in [4.69, 9.17) is 4.74 Å². The number of fused-ring (bicyclic) bond motifs is 3. The summed E-state index contributed by atoms with van der Waals surface area (Å²) in [6.07, 6.45) is -1.43. The van der Waals surface area contributed by atoms with Crippen LogP contribution in [0.2, 0.25) is 0 Å². The fourth-order valence-corrected chi connectivity index (χ4v) is 4.48. The second-order valence-corrected chi connectivity index (χ2v) is 7.34. The first-order valence-electron chi connectivity index (χ1n) is 8.89. The van der Waals surface area contributed by atoms with Gasteiger partial charge in [0.05, 0.1) is 10.9 Å². The molecule has 3 unspecified atom stereocenters. The lowest BCUT2D eigenvalue weighted by Crippen LogP contribution is -2.61. The van der Waals surface area contributed by atoms with Gasteiger partial charge < -0.3 is 25.2 Å². The van der Waals surface area contributed by atoms with E-state index in [-0.39, 0.29) is 23.1 Å². The maximum Gasteiger partial charge on any atom is 0.206 e. The molecule has 0 radical (unpaired) electrons. The number of ketones is 3. The second-order valence-electron chi connectivity index (χ2n) is 7.34. The molecule has 2 aliphatic rings. The first-order chi connectivity index (χ1) is 13.6. The van der Waals surface area contributed by atoms with E-state index in [1.165, 1.54) is 13.2 Å². The van der Waals surface area contributed by atoms with Crippen molar-refractivity contribution in [3.63, 3.8) is 0 Å². The summed E-state index contributed by atoms with van der Waals surface area (Å²) in [5.74, 6) is -5.75. The number of phenolic OH excluding ortho intramolecular Hbond substituents is 2. The lowest BCUT2D eigenvalue weighted by Gasteiger charge is -2.45. The number of ether oxygens (including phenoxy) is 1. The van der Waals surface area contributed by atoms with Gasteiger partial charge in [0.15, 0.2) is 17.2 Å². The van der Waals surface area contributed by atoms with Crippen LogP contribution < -0.4 is 0 Å². The number of rotatable bonds is 2. The van der Waals surface area contributed by atoms with E-state index in [9.17, 15) is 34.8 Å². The maximum absolute atomic E-state index is 13.3. The van der Waals surface area contributed by atoms with Crippen molar-refractivity contribution < 1.29 is 39.5 Å². The number of hydrogen-bond donors (Lipinski definition) is 4. The molecule has 4 rings (SSSR count). The van der Waals surface area contributed by atoms with E-state index in [1.807, 2.05) is 0 Å². The topological polar surface area (TPSA) is 141 Å². The summed E-state index contributed by atoms with van der Waals surface area (Å²) in [6, 6.07) is 6.11. The summed E-state index contributed by atoms with van der Waals surface area (Å²) >= 11 is 0. The van der Waals surface area contributed by atoms with Crippen LogP contribution in [0.4, 0.5) is 0 Å². The van der Waals surface area contributed by atoms with Gasteiger partial charge in [-0.05, 0) is 30.4 Å². The van der Waals surface area contributed by atoms with Gasteiger partial charge in [-0.15, -0.1) is 0 Å². The number of carbonyl (C=O) groups excluding carboxylic acids is 3. The van der Waals surface area contributed by atoms with Gasteiger partial charge in [0.25, 0.3) is 0 Å². The molecule has 0 amide bonds. The number of aliphatic hydroxyl groups excluding tert-OH is 1. The summed E-state index contributed by atoms with van der Waals surface area (Å²) in [5.41, 5.74) is -3.28. The summed E-state index contributed by atoms with van der Waals surface area (Å²) in [7, 11) is 1.21. The quantitative estimate of drug-likeness (QED) is 0.555. The van der Waals surface area contributed by atoms with Crippen molar-refractivity contribution in [2.24, 2.45) is 5.92 Å². The molecule has 0 saturated heterocycles. The Balaban J connectivity index is 2.06. The molecular formula is C21H18O8. The average Bonchev–Trinajstić information content (AvgIpc) is 2.65. The molecule has 8 heteroatoms. The highest BCUT2D eigenvalue weighted by Crippen LogP contribution is 2.49. The molecule has 150 valence electrons. The third kappa shape index (κ3) is 2.30. The second kappa shape index (κ2) is 6.13. The molecule has 29 heavy (non-hydrogen) atoms. The van der Waals surface area contributed by atoms with Gasteiger partial charge in [-0.25, -0.2) is 0 Å². The minimum atomic E-state index is -2.63. The fourth-order valence-electron chi connectivity index (χ4n) is 4.48. The molecule has 2 aliphatic carbocycles. The minimum absolute atomic E-state index is 0.0205. The van der Waals surface area contributed by atoms with E-state index in [0.29, 0.717) is 10.9 Å². The number of aromatic hydroxyl groups is 2. The predicted octanol–water partition coefficient (Wildman–Crippen LogP) is 1.34. The van der Waals surface area contributed by atoms with Crippen LogP contribution in [0.25, 0.3) is 10.8 Å².